The van der Waals surface area contributed by atoms with E-state index >= 15 is 0 Å². The van der Waals surface area contributed by atoms with Crippen molar-refractivity contribution in [1.29, 1.82) is 0 Å². The second-order valence-electron chi connectivity index (χ2n) is 6.70. The van der Waals surface area contributed by atoms with Crippen molar-refractivity contribution < 1.29 is 14.3 Å². The third kappa shape index (κ3) is 4.60. The van der Waals surface area contributed by atoms with Gasteiger partial charge in [-0.15, -0.1) is 0 Å². The van der Waals surface area contributed by atoms with E-state index in [9.17, 15) is 14.4 Å². The van der Waals surface area contributed by atoms with E-state index in [1.54, 1.807) is 24.3 Å². The molecule has 2 aromatic carbocycles. The number of nitrogens with zero attached hydrogens (tertiary/aromatic N) is 2. The summed E-state index contributed by atoms with van der Waals surface area (Å²) in [4.78, 5) is 36.4. The van der Waals surface area contributed by atoms with Gasteiger partial charge in [0.15, 0.2) is 6.61 Å². The smallest absolute Gasteiger partial charge is 0.276 e. The highest BCUT2D eigenvalue weighted by molar-refractivity contribution is 5.89. The number of rotatable bonds is 5. The summed E-state index contributed by atoms with van der Waals surface area (Å²) in [6.07, 6.45) is -0.0906. The molecule has 1 aromatic heterocycles. The average Bonchev–Trinajstić information content (AvgIpc) is 2.70. The molecule has 0 saturated carbocycles. The fourth-order valence-corrected chi connectivity index (χ4v) is 3.04. The Hall–Kier alpha value is -3.68. The van der Waals surface area contributed by atoms with E-state index in [1.165, 1.54) is 11.7 Å². The number of carbonyl (C=O) groups excluding carboxylic acids is 2. The zero-order valence-electron chi connectivity index (χ0n) is 16.5. The van der Waals surface area contributed by atoms with Crippen LogP contribution in [-0.2, 0) is 23.1 Å². The van der Waals surface area contributed by atoms with Crippen LogP contribution in [0, 0.1) is 13.8 Å². The fourth-order valence-electron chi connectivity index (χ4n) is 3.04. The molecule has 29 heavy (non-hydrogen) atoms. The zero-order valence-corrected chi connectivity index (χ0v) is 16.5. The molecule has 8 heteroatoms. The molecule has 3 aromatic rings. The van der Waals surface area contributed by atoms with Crippen molar-refractivity contribution in [2.45, 2.75) is 20.3 Å². The molecular formula is C21H22N4O4. The number of aryl methyl sites for hydroxylation is 3. The summed E-state index contributed by atoms with van der Waals surface area (Å²) < 4.78 is 6.75. The maximum Gasteiger partial charge on any atom is 0.276 e. The van der Waals surface area contributed by atoms with Crippen molar-refractivity contribution >= 4 is 22.6 Å². The first-order valence-electron chi connectivity index (χ1n) is 9.08. The quantitative estimate of drug-likeness (QED) is 0.636. The van der Waals surface area contributed by atoms with Crippen molar-refractivity contribution in [1.82, 2.24) is 20.6 Å². The van der Waals surface area contributed by atoms with Crippen LogP contribution in [0.5, 0.6) is 5.75 Å². The summed E-state index contributed by atoms with van der Waals surface area (Å²) in [6.45, 7) is 3.56. The van der Waals surface area contributed by atoms with Gasteiger partial charge < -0.3 is 4.74 Å². The van der Waals surface area contributed by atoms with Crippen LogP contribution >= 0.6 is 0 Å². The molecule has 2 amide bonds. The van der Waals surface area contributed by atoms with Gasteiger partial charge in [-0.2, -0.15) is 5.10 Å². The second-order valence-corrected chi connectivity index (χ2v) is 6.70. The van der Waals surface area contributed by atoms with E-state index in [0.29, 0.717) is 22.2 Å². The van der Waals surface area contributed by atoms with Gasteiger partial charge >= 0.3 is 0 Å². The maximum atomic E-state index is 12.2. The lowest BCUT2D eigenvalue weighted by Crippen LogP contribution is -2.44. The van der Waals surface area contributed by atoms with E-state index in [2.05, 4.69) is 16.0 Å². The molecule has 0 radical (unpaired) electrons. The number of hydrogen-bond donors (Lipinski definition) is 2. The Balaban J connectivity index is 1.59. The molecule has 150 valence electrons. The Labute approximate surface area is 167 Å². The van der Waals surface area contributed by atoms with Crippen molar-refractivity contribution in [3.8, 4) is 5.75 Å². The second kappa shape index (κ2) is 8.55. The van der Waals surface area contributed by atoms with Gasteiger partial charge in [0.25, 0.3) is 11.5 Å². The standard InChI is InChI=1S/C21H22N4O4/c1-13-7-6-8-14(2)20(13)29-12-19(27)23-22-18(26)11-17-15-9-4-5-10-16(15)21(28)25(3)24-17/h4-10H,11-12H2,1-3H3,(H,22,26)(H,23,27). The van der Waals surface area contributed by atoms with Gasteiger partial charge in [0, 0.05) is 12.4 Å². The summed E-state index contributed by atoms with van der Waals surface area (Å²) in [5, 5.41) is 5.26. The molecule has 0 aliphatic rings. The normalized spacial score (nSPS) is 10.6. The molecule has 0 unspecified atom stereocenters. The molecule has 8 nitrogen and oxygen atoms in total. The first-order valence-corrected chi connectivity index (χ1v) is 9.08. The van der Waals surface area contributed by atoms with Crippen LogP contribution in [0.3, 0.4) is 0 Å². The lowest BCUT2D eigenvalue weighted by Gasteiger charge is -2.12. The Kier molecular flexibility index (Phi) is 5.92. The van der Waals surface area contributed by atoms with E-state index in [0.717, 1.165) is 11.1 Å². The molecule has 0 aliphatic carbocycles. The number of hydrogen-bond acceptors (Lipinski definition) is 5. The highest BCUT2D eigenvalue weighted by atomic mass is 16.5. The molecule has 0 fully saturated rings. The van der Waals surface area contributed by atoms with Gasteiger partial charge in [0.2, 0.25) is 5.91 Å². The summed E-state index contributed by atoms with van der Waals surface area (Å²) >= 11 is 0. The van der Waals surface area contributed by atoms with Gasteiger partial charge in [-0.25, -0.2) is 4.68 Å². The third-order valence-electron chi connectivity index (χ3n) is 4.46. The van der Waals surface area contributed by atoms with Crippen molar-refractivity contribution in [2.24, 2.45) is 7.05 Å². The minimum Gasteiger partial charge on any atom is -0.483 e. The molecule has 1 heterocycles. The largest absolute Gasteiger partial charge is 0.483 e. The summed E-state index contributed by atoms with van der Waals surface area (Å²) in [5.74, 6) is -0.296. The van der Waals surface area contributed by atoms with E-state index in [4.69, 9.17) is 4.74 Å². The Morgan fingerprint density at radius 1 is 0.966 bits per heavy atom. The van der Waals surface area contributed by atoms with Crippen LogP contribution in [0.2, 0.25) is 0 Å². The number of ether oxygens (including phenoxy) is 1. The van der Waals surface area contributed by atoms with Crippen molar-refractivity contribution in [3.05, 3.63) is 69.6 Å². The molecule has 0 saturated heterocycles. The van der Waals surface area contributed by atoms with Gasteiger partial charge in [0.1, 0.15) is 5.75 Å². The van der Waals surface area contributed by atoms with Crippen LogP contribution in [0.15, 0.2) is 47.3 Å². The summed E-state index contributed by atoms with van der Waals surface area (Å²) in [7, 11) is 1.53. The maximum absolute atomic E-state index is 12.2. The summed E-state index contributed by atoms with van der Waals surface area (Å²) in [6, 6.07) is 12.7. The highest BCUT2D eigenvalue weighted by Crippen LogP contribution is 2.22. The molecule has 0 aliphatic heterocycles. The first kappa shape index (κ1) is 20.1. The topological polar surface area (TPSA) is 102 Å². The molecule has 0 atom stereocenters. The molecule has 2 N–H and O–H groups in total. The number of carbonyl (C=O) groups is 2. The number of fused-ring (bicyclic) bond motifs is 1. The molecular weight excluding hydrogens is 372 g/mol. The van der Waals surface area contributed by atoms with E-state index in [-0.39, 0.29) is 18.6 Å². The number of aromatic nitrogens is 2. The Bertz CT molecular complexity index is 1120. The molecule has 3 rings (SSSR count). The Morgan fingerprint density at radius 3 is 2.28 bits per heavy atom. The van der Waals surface area contributed by atoms with Gasteiger partial charge in [-0.3, -0.25) is 25.2 Å². The number of hydrazine groups is 1. The number of para-hydroxylation sites is 1. The van der Waals surface area contributed by atoms with Gasteiger partial charge in [0.05, 0.1) is 17.5 Å². The minimum atomic E-state index is -0.487. The van der Waals surface area contributed by atoms with Crippen molar-refractivity contribution in [3.63, 3.8) is 0 Å². The average molecular weight is 394 g/mol. The monoisotopic (exact) mass is 394 g/mol. The lowest BCUT2D eigenvalue weighted by atomic mass is 10.1. The van der Waals surface area contributed by atoms with Crippen LogP contribution in [-0.4, -0.2) is 28.2 Å². The highest BCUT2D eigenvalue weighted by Gasteiger charge is 2.13. The van der Waals surface area contributed by atoms with Crippen LogP contribution in [0.1, 0.15) is 16.8 Å². The first-order chi connectivity index (χ1) is 13.9. The predicted molar refractivity (Wildman–Crippen MR) is 108 cm³/mol. The van der Waals surface area contributed by atoms with Crippen molar-refractivity contribution in [2.75, 3.05) is 6.61 Å². The number of amides is 2. The summed E-state index contributed by atoms with van der Waals surface area (Å²) in [5.41, 5.74) is 6.74. The predicted octanol–water partition coefficient (Wildman–Crippen LogP) is 1.32. The SMILES string of the molecule is Cc1cccc(C)c1OCC(=O)NNC(=O)Cc1nn(C)c(=O)c2ccccc12. The van der Waals surface area contributed by atoms with E-state index < -0.39 is 11.8 Å². The van der Waals surface area contributed by atoms with Gasteiger partial charge in [-0.05, 0) is 31.0 Å². The fraction of sp³-hybridized carbons (Fsp3) is 0.238. The Morgan fingerprint density at radius 2 is 1.59 bits per heavy atom. The third-order valence-corrected chi connectivity index (χ3v) is 4.46. The van der Waals surface area contributed by atoms with E-state index in [1.807, 2.05) is 32.0 Å². The number of benzene rings is 2. The number of nitrogens with one attached hydrogen (secondary N) is 2. The molecule has 0 spiro atoms. The lowest BCUT2D eigenvalue weighted by molar-refractivity contribution is -0.129. The minimum absolute atomic E-state index is 0.0906. The molecule has 0 bridgehead atoms. The van der Waals surface area contributed by atoms with Crippen LogP contribution in [0.4, 0.5) is 0 Å². The van der Waals surface area contributed by atoms with Gasteiger partial charge in [-0.1, -0.05) is 36.4 Å². The van der Waals surface area contributed by atoms with Crippen LogP contribution in [0.25, 0.3) is 10.8 Å². The van der Waals surface area contributed by atoms with Crippen LogP contribution < -0.4 is 21.1 Å². The zero-order chi connectivity index (χ0) is 21.0.